The third-order valence-electron chi connectivity index (χ3n) is 6.13. The van der Waals surface area contributed by atoms with E-state index in [1.165, 1.54) is 0 Å². The molecular formula is C21H26N4O2. The molecule has 4 rings (SSSR count). The number of hydrogen-bond acceptors (Lipinski definition) is 3. The number of carbonyl (C=O) groups is 2. The summed E-state index contributed by atoms with van der Waals surface area (Å²) >= 11 is 0. The summed E-state index contributed by atoms with van der Waals surface area (Å²) in [5, 5.41) is 8.14. The zero-order valence-corrected chi connectivity index (χ0v) is 15.8. The largest absolute Gasteiger partial charge is 0.338 e. The van der Waals surface area contributed by atoms with Gasteiger partial charge in [0.1, 0.15) is 0 Å². The van der Waals surface area contributed by atoms with Gasteiger partial charge >= 0.3 is 0 Å². The van der Waals surface area contributed by atoms with Crippen molar-refractivity contribution in [2.75, 3.05) is 26.2 Å². The van der Waals surface area contributed by atoms with Crippen LogP contribution >= 0.6 is 0 Å². The van der Waals surface area contributed by atoms with Crippen molar-refractivity contribution in [3.63, 3.8) is 0 Å². The molecule has 2 aromatic rings. The summed E-state index contributed by atoms with van der Waals surface area (Å²) in [6.07, 6.45) is 5.18. The van der Waals surface area contributed by atoms with Gasteiger partial charge in [-0.05, 0) is 43.7 Å². The summed E-state index contributed by atoms with van der Waals surface area (Å²) in [6.45, 7) is 8.61. The van der Waals surface area contributed by atoms with Gasteiger partial charge in [0.05, 0.1) is 5.52 Å². The Morgan fingerprint density at radius 1 is 1.33 bits per heavy atom. The van der Waals surface area contributed by atoms with Crippen LogP contribution in [-0.2, 0) is 4.79 Å². The SMILES string of the molecule is C=CCN1CC2(CCC1=O)CCN(C(=O)c1n[nH]c3ccc(C)cc13)CC2. The van der Waals surface area contributed by atoms with E-state index >= 15 is 0 Å². The van der Waals surface area contributed by atoms with E-state index in [1.807, 2.05) is 34.9 Å². The molecule has 142 valence electrons. The smallest absolute Gasteiger partial charge is 0.274 e. The molecule has 27 heavy (non-hydrogen) atoms. The highest BCUT2D eigenvalue weighted by Crippen LogP contribution is 2.40. The third kappa shape index (κ3) is 3.24. The van der Waals surface area contributed by atoms with E-state index in [4.69, 9.17) is 0 Å². The molecule has 2 saturated heterocycles. The normalized spacial score (nSPS) is 19.7. The van der Waals surface area contributed by atoms with Gasteiger partial charge in [0.15, 0.2) is 5.69 Å². The first-order valence-electron chi connectivity index (χ1n) is 9.64. The predicted octanol–water partition coefficient (Wildman–Crippen LogP) is 2.90. The molecule has 2 aliphatic heterocycles. The van der Waals surface area contributed by atoms with Crippen LogP contribution in [0.5, 0.6) is 0 Å². The molecule has 0 radical (unpaired) electrons. The summed E-state index contributed by atoms with van der Waals surface area (Å²) in [6, 6.07) is 5.99. The average Bonchev–Trinajstić information content (AvgIpc) is 3.08. The van der Waals surface area contributed by atoms with E-state index in [9.17, 15) is 9.59 Å². The average molecular weight is 366 g/mol. The van der Waals surface area contributed by atoms with Crippen LogP contribution in [0.4, 0.5) is 0 Å². The van der Waals surface area contributed by atoms with Crippen molar-refractivity contribution in [2.45, 2.75) is 32.6 Å². The number of amides is 2. The number of nitrogens with one attached hydrogen (secondary N) is 1. The van der Waals surface area contributed by atoms with E-state index in [2.05, 4.69) is 16.8 Å². The minimum Gasteiger partial charge on any atom is -0.338 e. The zero-order valence-electron chi connectivity index (χ0n) is 15.8. The molecule has 0 unspecified atom stereocenters. The predicted molar refractivity (Wildman–Crippen MR) is 104 cm³/mol. The second kappa shape index (κ2) is 6.83. The summed E-state index contributed by atoms with van der Waals surface area (Å²) in [5.74, 6) is 0.217. The maximum absolute atomic E-state index is 13.0. The zero-order chi connectivity index (χ0) is 19.0. The Hall–Kier alpha value is -2.63. The van der Waals surface area contributed by atoms with Crippen molar-refractivity contribution in [1.29, 1.82) is 0 Å². The van der Waals surface area contributed by atoms with Crippen LogP contribution in [-0.4, -0.2) is 58.0 Å². The van der Waals surface area contributed by atoms with Crippen molar-refractivity contribution < 1.29 is 9.59 Å². The first-order valence-corrected chi connectivity index (χ1v) is 9.64. The highest BCUT2D eigenvalue weighted by atomic mass is 16.2. The molecule has 2 aliphatic rings. The number of hydrogen-bond donors (Lipinski definition) is 1. The van der Waals surface area contributed by atoms with E-state index < -0.39 is 0 Å². The molecule has 0 bridgehead atoms. The molecule has 0 aliphatic carbocycles. The van der Waals surface area contributed by atoms with Gasteiger partial charge < -0.3 is 9.80 Å². The number of benzene rings is 1. The van der Waals surface area contributed by atoms with Crippen LogP contribution in [0.3, 0.4) is 0 Å². The number of nitrogens with zero attached hydrogens (tertiary/aromatic N) is 3. The number of aromatic nitrogens is 2. The number of likely N-dealkylation sites (tertiary alicyclic amines) is 2. The fourth-order valence-corrected chi connectivity index (χ4v) is 4.46. The van der Waals surface area contributed by atoms with Crippen LogP contribution in [0.15, 0.2) is 30.9 Å². The molecule has 1 N–H and O–H groups in total. The molecule has 0 saturated carbocycles. The Labute approximate surface area is 159 Å². The molecule has 1 spiro atoms. The number of H-pyrrole nitrogens is 1. The molecule has 3 heterocycles. The Morgan fingerprint density at radius 3 is 2.85 bits per heavy atom. The number of rotatable bonds is 3. The van der Waals surface area contributed by atoms with Gasteiger partial charge in [0.2, 0.25) is 5.91 Å². The fraction of sp³-hybridized carbons (Fsp3) is 0.476. The summed E-state index contributed by atoms with van der Waals surface area (Å²) in [7, 11) is 0. The van der Waals surface area contributed by atoms with Gasteiger partial charge in [-0.2, -0.15) is 5.10 Å². The molecular weight excluding hydrogens is 340 g/mol. The van der Waals surface area contributed by atoms with Gasteiger partial charge in [-0.25, -0.2) is 0 Å². The van der Waals surface area contributed by atoms with Crippen LogP contribution < -0.4 is 0 Å². The minimum atomic E-state index is -0.00321. The number of carbonyl (C=O) groups excluding carboxylic acids is 2. The quantitative estimate of drug-likeness (QED) is 0.849. The lowest BCUT2D eigenvalue weighted by Gasteiger charge is -2.47. The van der Waals surface area contributed by atoms with Crippen molar-refractivity contribution in [3.8, 4) is 0 Å². The second-order valence-electron chi connectivity index (χ2n) is 7.98. The van der Waals surface area contributed by atoms with Crippen LogP contribution in [0.1, 0.15) is 41.7 Å². The number of aryl methyl sites for hydroxylation is 1. The van der Waals surface area contributed by atoms with Crippen LogP contribution in [0, 0.1) is 12.3 Å². The first kappa shape index (κ1) is 17.8. The topological polar surface area (TPSA) is 69.3 Å². The Balaban J connectivity index is 1.47. The standard InChI is InChI=1S/C21H26N4O2/c1-3-10-25-14-21(7-6-18(25)26)8-11-24(12-9-21)20(27)19-16-13-15(2)4-5-17(16)22-23-19/h3-5,13H,1,6-12,14H2,2H3,(H,22,23). The summed E-state index contributed by atoms with van der Waals surface area (Å²) in [4.78, 5) is 29.0. The Kier molecular flexibility index (Phi) is 4.50. The lowest BCUT2D eigenvalue weighted by atomic mass is 9.72. The second-order valence-corrected chi connectivity index (χ2v) is 7.98. The van der Waals surface area contributed by atoms with Crippen LogP contribution in [0.25, 0.3) is 10.9 Å². The van der Waals surface area contributed by atoms with E-state index in [0.29, 0.717) is 18.7 Å². The number of piperidine rings is 2. The van der Waals surface area contributed by atoms with Crippen LogP contribution in [0.2, 0.25) is 0 Å². The van der Waals surface area contributed by atoms with Crippen molar-refractivity contribution in [1.82, 2.24) is 20.0 Å². The van der Waals surface area contributed by atoms with Gasteiger partial charge in [0.25, 0.3) is 5.91 Å². The molecule has 0 atom stereocenters. The minimum absolute atomic E-state index is 0.00321. The molecule has 2 fully saturated rings. The Bertz CT molecular complexity index is 893. The third-order valence-corrected chi connectivity index (χ3v) is 6.13. The molecule has 2 amide bonds. The molecule has 6 heteroatoms. The number of aromatic amines is 1. The monoisotopic (exact) mass is 366 g/mol. The van der Waals surface area contributed by atoms with Gasteiger partial charge in [-0.1, -0.05) is 17.7 Å². The Morgan fingerprint density at radius 2 is 2.11 bits per heavy atom. The van der Waals surface area contributed by atoms with Crippen molar-refractivity contribution >= 4 is 22.7 Å². The fourth-order valence-electron chi connectivity index (χ4n) is 4.46. The first-order chi connectivity index (χ1) is 13.0. The molecule has 6 nitrogen and oxygen atoms in total. The van der Waals surface area contributed by atoms with Gasteiger partial charge in [-0.15, -0.1) is 6.58 Å². The lowest BCUT2D eigenvalue weighted by molar-refractivity contribution is -0.138. The highest BCUT2D eigenvalue weighted by molar-refractivity contribution is 6.04. The van der Waals surface area contributed by atoms with Crippen molar-refractivity contribution in [3.05, 3.63) is 42.1 Å². The van der Waals surface area contributed by atoms with E-state index in [1.54, 1.807) is 6.08 Å². The highest BCUT2D eigenvalue weighted by Gasteiger charge is 2.41. The number of fused-ring (bicyclic) bond motifs is 1. The van der Waals surface area contributed by atoms with Crippen molar-refractivity contribution in [2.24, 2.45) is 5.41 Å². The lowest BCUT2D eigenvalue weighted by Crippen LogP contribution is -2.52. The summed E-state index contributed by atoms with van der Waals surface area (Å²) in [5.41, 5.74) is 2.66. The summed E-state index contributed by atoms with van der Waals surface area (Å²) < 4.78 is 0. The maximum Gasteiger partial charge on any atom is 0.274 e. The van der Waals surface area contributed by atoms with E-state index in [0.717, 1.165) is 55.4 Å². The van der Waals surface area contributed by atoms with Gasteiger partial charge in [0, 0.05) is 38.0 Å². The maximum atomic E-state index is 13.0. The molecule has 1 aromatic carbocycles. The molecule has 1 aromatic heterocycles. The van der Waals surface area contributed by atoms with E-state index in [-0.39, 0.29) is 17.2 Å². The van der Waals surface area contributed by atoms with Gasteiger partial charge in [-0.3, -0.25) is 14.7 Å².